The van der Waals surface area contributed by atoms with Gasteiger partial charge < -0.3 is 19.6 Å². The number of aromatic nitrogens is 1. The van der Waals surface area contributed by atoms with E-state index in [0.29, 0.717) is 49.4 Å². The number of nitrogens with zero attached hydrogens (tertiary/aromatic N) is 2. The van der Waals surface area contributed by atoms with Gasteiger partial charge in [0.2, 0.25) is 5.91 Å². The fraction of sp³-hybridized carbons (Fsp3) is 0.579. The highest BCUT2D eigenvalue weighted by molar-refractivity contribution is 5.94. The van der Waals surface area contributed by atoms with Gasteiger partial charge >= 0.3 is 5.76 Å². The second-order valence-electron chi connectivity index (χ2n) is 7.37. The Kier molecular flexibility index (Phi) is 4.79. The number of aliphatic hydroxyl groups is 1. The Balaban J connectivity index is 1.42. The van der Waals surface area contributed by atoms with Gasteiger partial charge in [-0.1, -0.05) is 0 Å². The fourth-order valence-corrected chi connectivity index (χ4v) is 4.22. The predicted octanol–water partition coefficient (Wildman–Crippen LogP) is 1.17. The van der Waals surface area contributed by atoms with Crippen molar-refractivity contribution in [3.8, 4) is 0 Å². The lowest BCUT2D eigenvalue weighted by Gasteiger charge is -2.42. The van der Waals surface area contributed by atoms with Crippen LogP contribution in [-0.2, 0) is 16.1 Å². The number of aryl methyl sites for hydroxylation is 1. The van der Waals surface area contributed by atoms with Crippen LogP contribution in [0.1, 0.15) is 26.2 Å². The Morgan fingerprint density at radius 3 is 3.04 bits per heavy atom. The molecule has 1 amide bonds. The first-order valence-corrected chi connectivity index (χ1v) is 9.48. The van der Waals surface area contributed by atoms with E-state index in [0.717, 1.165) is 12.8 Å². The SMILES string of the molecule is CCn1c(=O)oc2cc(NC(=O)CN3CC[C@H](O)[C@]4(CCCO4)C3)ccc21. The van der Waals surface area contributed by atoms with Crippen molar-refractivity contribution >= 4 is 22.7 Å². The van der Waals surface area contributed by atoms with E-state index in [4.69, 9.17) is 9.15 Å². The predicted molar refractivity (Wildman–Crippen MR) is 99.8 cm³/mol. The van der Waals surface area contributed by atoms with E-state index in [1.54, 1.807) is 22.8 Å². The first-order chi connectivity index (χ1) is 13.0. The van der Waals surface area contributed by atoms with Crippen LogP contribution in [0.5, 0.6) is 0 Å². The van der Waals surface area contributed by atoms with Crippen LogP contribution >= 0.6 is 0 Å². The largest absolute Gasteiger partial charge is 0.419 e. The van der Waals surface area contributed by atoms with E-state index in [2.05, 4.69) is 5.32 Å². The molecule has 2 aliphatic rings. The zero-order chi connectivity index (χ0) is 19.0. The summed E-state index contributed by atoms with van der Waals surface area (Å²) in [6, 6.07) is 5.21. The van der Waals surface area contributed by atoms with Gasteiger partial charge in [-0.25, -0.2) is 4.79 Å². The lowest BCUT2D eigenvalue weighted by molar-refractivity contribution is -0.137. The molecule has 8 heteroatoms. The highest BCUT2D eigenvalue weighted by Crippen LogP contribution is 2.34. The summed E-state index contributed by atoms with van der Waals surface area (Å²) in [6.07, 6.45) is 1.91. The van der Waals surface area contributed by atoms with Crippen molar-refractivity contribution in [1.82, 2.24) is 9.47 Å². The number of carbonyl (C=O) groups excluding carboxylic acids is 1. The third-order valence-electron chi connectivity index (χ3n) is 5.59. The molecule has 146 valence electrons. The Hall–Kier alpha value is -2.16. The Labute approximate surface area is 156 Å². The van der Waals surface area contributed by atoms with Crippen LogP contribution in [0.15, 0.2) is 27.4 Å². The van der Waals surface area contributed by atoms with E-state index in [-0.39, 0.29) is 12.5 Å². The van der Waals surface area contributed by atoms with Gasteiger partial charge in [0, 0.05) is 38.0 Å². The summed E-state index contributed by atoms with van der Waals surface area (Å²) in [5.41, 5.74) is 1.24. The molecule has 0 saturated carbocycles. The maximum absolute atomic E-state index is 12.5. The molecule has 2 atom stereocenters. The number of ether oxygens (including phenoxy) is 1. The van der Waals surface area contributed by atoms with E-state index < -0.39 is 17.5 Å². The molecule has 0 radical (unpaired) electrons. The number of fused-ring (bicyclic) bond motifs is 1. The maximum atomic E-state index is 12.5. The topological polar surface area (TPSA) is 96.9 Å². The number of likely N-dealkylation sites (tertiary alicyclic amines) is 1. The molecule has 2 fully saturated rings. The van der Waals surface area contributed by atoms with Crippen LogP contribution in [-0.4, -0.2) is 58.4 Å². The number of hydrogen-bond donors (Lipinski definition) is 2. The number of rotatable bonds is 4. The van der Waals surface area contributed by atoms with Gasteiger partial charge in [0.1, 0.15) is 5.60 Å². The number of piperidine rings is 1. The Morgan fingerprint density at radius 2 is 2.30 bits per heavy atom. The second-order valence-corrected chi connectivity index (χ2v) is 7.37. The third kappa shape index (κ3) is 3.40. The van der Waals surface area contributed by atoms with E-state index in [1.165, 1.54) is 0 Å². The average Bonchev–Trinajstić information content (AvgIpc) is 3.22. The molecule has 2 N–H and O–H groups in total. The molecule has 2 aromatic rings. The number of hydrogen-bond acceptors (Lipinski definition) is 6. The minimum Gasteiger partial charge on any atom is -0.408 e. The molecule has 0 unspecified atom stereocenters. The van der Waals surface area contributed by atoms with Gasteiger partial charge in [-0.05, 0) is 38.3 Å². The minimum atomic E-state index is -0.524. The van der Waals surface area contributed by atoms with Gasteiger partial charge in [0.25, 0.3) is 0 Å². The molecule has 2 aliphatic heterocycles. The first kappa shape index (κ1) is 18.2. The van der Waals surface area contributed by atoms with Crippen molar-refractivity contribution < 1.29 is 19.1 Å². The quantitative estimate of drug-likeness (QED) is 0.833. The van der Waals surface area contributed by atoms with Gasteiger partial charge in [0.15, 0.2) is 5.58 Å². The van der Waals surface area contributed by atoms with Gasteiger partial charge in [-0.3, -0.25) is 14.3 Å². The van der Waals surface area contributed by atoms with E-state index in [9.17, 15) is 14.7 Å². The van der Waals surface area contributed by atoms with Crippen LogP contribution in [0.2, 0.25) is 0 Å². The molecule has 1 spiro atoms. The van der Waals surface area contributed by atoms with Crippen molar-refractivity contribution in [1.29, 1.82) is 0 Å². The zero-order valence-corrected chi connectivity index (χ0v) is 15.4. The number of benzene rings is 1. The summed E-state index contributed by atoms with van der Waals surface area (Å²) in [5, 5.41) is 13.2. The highest BCUT2D eigenvalue weighted by Gasteiger charge is 2.46. The third-order valence-corrected chi connectivity index (χ3v) is 5.59. The van der Waals surface area contributed by atoms with Crippen LogP contribution < -0.4 is 11.1 Å². The molecule has 2 saturated heterocycles. The van der Waals surface area contributed by atoms with E-state index >= 15 is 0 Å². The average molecular weight is 375 g/mol. The van der Waals surface area contributed by atoms with Gasteiger partial charge in [-0.2, -0.15) is 0 Å². The molecule has 4 rings (SSSR count). The summed E-state index contributed by atoms with van der Waals surface area (Å²) >= 11 is 0. The summed E-state index contributed by atoms with van der Waals surface area (Å²) in [7, 11) is 0. The normalized spacial score (nSPS) is 26.1. The molecule has 0 aliphatic carbocycles. The Morgan fingerprint density at radius 1 is 1.44 bits per heavy atom. The second kappa shape index (κ2) is 7.10. The molecular formula is C19H25N3O5. The maximum Gasteiger partial charge on any atom is 0.419 e. The molecule has 27 heavy (non-hydrogen) atoms. The monoisotopic (exact) mass is 375 g/mol. The number of oxazole rings is 1. The zero-order valence-electron chi connectivity index (χ0n) is 15.4. The number of aliphatic hydroxyl groups excluding tert-OH is 1. The van der Waals surface area contributed by atoms with Crippen molar-refractivity contribution in [2.45, 2.75) is 44.4 Å². The minimum absolute atomic E-state index is 0.142. The van der Waals surface area contributed by atoms with Crippen LogP contribution in [0, 0.1) is 0 Å². The molecule has 3 heterocycles. The van der Waals surface area contributed by atoms with Crippen LogP contribution in [0.3, 0.4) is 0 Å². The molecular weight excluding hydrogens is 350 g/mol. The van der Waals surface area contributed by atoms with Crippen molar-refractivity contribution in [2.24, 2.45) is 0 Å². The first-order valence-electron chi connectivity index (χ1n) is 9.48. The molecule has 1 aromatic heterocycles. The lowest BCUT2D eigenvalue weighted by Crippen LogP contribution is -2.57. The number of amides is 1. The standard InChI is InChI=1S/C19H25N3O5/c1-2-22-14-5-4-13(10-15(14)27-18(22)25)20-17(24)11-21-8-6-16(23)19(12-21)7-3-9-26-19/h4-5,10,16,23H,2-3,6-9,11-12H2,1H3,(H,20,24)/t16-,19-/m0/s1. The van der Waals surface area contributed by atoms with Crippen molar-refractivity contribution in [3.63, 3.8) is 0 Å². The fourth-order valence-electron chi connectivity index (χ4n) is 4.22. The number of anilines is 1. The molecule has 0 bridgehead atoms. The van der Waals surface area contributed by atoms with Crippen LogP contribution in [0.25, 0.3) is 11.1 Å². The Bertz CT molecular complexity index is 896. The summed E-state index contributed by atoms with van der Waals surface area (Å²) in [5.74, 6) is -0.541. The molecule has 8 nitrogen and oxygen atoms in total. The van der Waals surface area contributed by atoms with Gasteiger partial charge in [0.05, 0.1) is 18.2 Å². The smallest absolute Gasteiger partial charge is 0.408 e. The summed E-state index contributed by atoms with van der Waals surface area (Å²) in [4.78, 5) is 26.3. The molecule has 1 aromatic carbocycles. The lowest BCUT2D eigenvalue weighted by atomic mass is 9.87. The highest BCUT2D eigenvalue weighted by atomic mass is 16.5. The van der Waals surface area contributed by atoms with Gasteiger partial charge in [-0.15, -0.1) is 0 Å². The van der Waals surface area contributed by atoms with Crippen LogP contribution in [0.4, 0.5) is 5.69 Å². The van der Waals surface area contributed by atoms with E-state index in [1.807, 2.05) is 11.8 Å². The van der Waals surface area contributed by atoms with Crippen molar-refractivity contribution in [2.75, 3.05) is 31.6 Å². The number of nitrogens with one attached hydrogen (secondary N) is 1. The summed E-state index contributed by atoms with van der Waals surface area (Å²) in [6.45, 7) is 4.53. The number of carbonyl (C=O) groups is 1. The summed E-state index contributed by atoms with van der Waals surface area (Å²) < 4.78 is 12.6. The van der Waals surface area contributed by atoms with Crippen molar-refractivity contribution in [3.05, 3.63) is 28.7 Å².